The predicted octanol–water partition coefficient (Wildman–Crippen LogP) is 0.959. The van der Waals surface area contributed by atoms with Gasteiger partial charge in [-0.15, -0.1) is 0 Å². The highest BCUT2D eigenvalue weighted by Crippen LogP contribution is 2.24. The standard InChI is InChI=1S/C10H16N2O/c1-7-3-2-4-8(11)10(7)9(12)5-6-13/h2-4,9,13H,5-6,11-12H2,1H3/t9-/m1/s1. The summed E-state index contributed by atoms with van der Waals surface area (Å²) >= 11 is 0. The maximum Gasteiger partial charge on any atom is 0.0449 e. The van der Waals surface area contributed by atoms with Gasteiger partial charge in [0.25, 0.3) is 0 Å². The molecule has 0 saturated heterocycles. The summed E-state index contributed by atoms with van der Waals surface area (Å²) in [7, 11) is 0. The summed E-state index contributed by atoms with van der Waals surface area (Å²) in [6.45, 7) is 2.07. The normalized spacial score (nSPS) is 12.8. The molecule has 1 atom stereocenters. The van der Waals surface area contributed by atoms with Gasteiger partial charge in [-0.2, -0.15) is 0 Å². The lowest BCUT2D eigenvalue weighted by Gasteiger charge is -2.15. The third-order valence-corrected chi connectivity index (χ3v) is 2.17. The van der Waals surface area contributed by atoms with Crippen molar-refractivity contribution in [1.29, 1.82) is 0 Å². The highest BCUT2D eigenvalue weighted by Gasteiger charge is 2.10. The van der Waals surface area contributed by atoms with Crippen LogP contribution in [0.15, 0.2) is 18.2 Å². The van der Waals surface area contributed by atoms with E-state index in [0.29, 0.717) is 12.1 Å². The average Bonchev–Trinajstić information content (AvgIpc) is 2.04. The van der Waals surface area contributed by atoms with Crippen LogP contribution in [0.4, 0.5) is 5.69 Å². The van der Waals surface area contributed by atoms with E-state index in [2.05, 4.69) is 0 Å². The lowest BCUT2D eigenvalue weighted by atomic mass is 9.98. The number of anilines is 1. The molecule has 1 rings (SSSR count). The summed E-state index contributed by atoms with van der Waals surface area (Å²) in [4.78, 5) is 0. The van der Waals surface area contributed by atoms with Gasteiger partial charge in [0.2, 0.25) is 0 Å². The van der Waals surface area contributed by atoms with Crippen molar-refractivity contribution in [3.63, 3.8) is 0 Å². The second-order valence-corrected chi connectivity index (χ2v) is 3.20. The quantitative estimate of drug-likeness (QED) is 0.607. The minimum Gasteiger partial charge on any atom is -0.398 e. The fraction of sp³-hybridized carbons (Fsp3) is 0.400. The van der Waals surface area contributed by atoms with Gasteiger partial charge in [0.05, 0.1) is 0 Å². The molecular weight excluding hydrogens is 164 g/mol. The van der Waals surface area contributed by atoms with Crippen LogP contribution in [-0.2, 0) is 0 Å². The molecule has 0 aromatic heterocycles. The SMILES string of the molecule is Cc1cccc(N)c1[C@H](N)CCO. The molecule has 5 N–H and O–H groups in total. The van der Waals surface area contributed by atoms with Crippen molar-refractivity contribution in [2.24, 2.45) is 5.73 Å². The first-order valence-electron chi connectivity index (χ1n) is 4.38. The summed E-state index contributed by atoms with van der Waals surface area (Å²) in [5.41, 5.74) is 14.4. The van der Waals surface area contributed by atoms with Crippen molar-refractivity contribution < 1.29 is 5.11 Å². The van der Waals surface area contributed by atoms with E-state index in [9.17, 15) is 0 Å². The van der Waals surface area contributed by atoms with Crippen LogP contribution >= 0.6 is 0 Å². The molecule has 0 bridgehead atoms. The van der Waals surface area contributed by atoms with Crippen molar-refractivity contribution in [2.45, 2.75) is 19.4 Å². The van der Waals surface area contributed by atoms with Crippen molar-refractivity contribution in [3.8, 4) is 0 Å². The van der Waals surface area contributed by atoms with E-state index in [1.165, 1.54) is 0 Å². The van der Waals surface area contributed by atoms with Crippen LogP contribution in [0.2, 0.25) is 0 Å². The molecule has 0 saturated carbocycles. The van der Waals surface area contributed by atoms with Gasteiger partial charge in [0, 0.05) is 18.3 Å². The molecule has 72 valence electrons. The van der Waals surface area contributed by atoms with Crippen LogP contribution in [0.1, 0.15) is 23.6 Å². The average molecular weight is 180 g/mol. The third kappa shape index (κ3) is 2.20. The summed E-state index contributed by atoms with van der Waals surface area (Å²) in [5, 5.41) is 8.76. The third-order valence-electron chi connectivity index (χ3n) is 2.17. The molecular formula is C10H16N2O. The highest BCUT2D eigenvalue weighted by molar-refractivity contribution is 5.52. The van der Waals surface area contributed by atoms with E-state index in [1.807, 2.05) is 25.1 Å². The van der Waals surface area contributed by atoms with Gasteiger partial charge >= 0.3 is 0 Å². The Bertz CT molecular complexity index is 266. The van der Waals surface area contributed by atoms with Gasteiger partial charge in [0.15, 0.2) is 0 Å². The molecule has 3 heteroatoms. The van der Waals surface area contributed by atoms with Crippen LogP contribution in [-0.4, -0.2) is 11.7 Å². The Morgan fingerprint density at radius 2 is 2.15 bits per heavy atom. The van der Waals surface area contributed by atoms with Gasteiger partial charge < -0.3 is 16.6 Å². The van der Waals surface area contributed by atoms with E-state index in [1.54, 1.807) is 0 Å². The first-order valence-corrected chi connectivity index (χ1v) is 4.38. The van der Waals surface area contributed by atoms with Gasteiger partial charge in [-0.3, -0.25) is 0 Å². The Labute approximate surface area is 78.4 Å². The predicted molar refractivity (Wildman–Crippen MR) is 54.2 cm³/mol. The van der Waals surface area contributed by atoms with Crippen LogP contribution in [0.5, 0.6) is 0 Å². The Morgan fingerprint density at radius 1 is 1.46 bits per heavy atom. The Balaban J connectivity index is 2.98. The molecule has 1 aromatic rings. The van der Waals surface area contributed by atoms with E-state index in [0.717, 1.165) is 11.1 Å². The summed E-state index contributed by atoms with van der Waals surface area (Å²) in [6, 6.07) is 5.55. The molecule has 1 aromatic carbocycles. The lowest BCUT2D eigenvalue weighted by molar-refractivity contribution is 0.276. The zero-order chi connectivity index (χ0) is 9.84. The number of aliphatic hydroxyl groups is 1. The monoisotopic (exact) mass is 180 g/mol. The van der Waals surface area contributed by atoms with E-state index < -0.39 is 0 Å². The van der Waals surface area contributed by atoms with E-state index in [4.69, 9.17) is 16.6 Å². The number of nitrogens with two attached hydrogens (primary N) is 2. The largest absolute Gasteiger partial charge is 0.398 e. The number of benzene rings is 1. The second-order valence-electron chi connectivity index (χ2n) is 3.20. The molecule has 0 amide bonds. The number of rotatable bonds is 3. The molecule has 0 unspecified atom stereocenters. The smallest absolute Gasteiger partial charge is 0.0449 e. The number of hydrogen-bond donors (Lipinski definition) is 3. The zero-order valence-electron chi connectivity index (χ0n) is 7.83. The molecule has 0 fully saturated rings. The number of aliphatic hydroxyl groups excluding tert-OH is 1. The fourth-order valence-corrected chi connectivity index (χ4v) is 1.49. The summed E-state index contributed by atoms with van der Waals surface area (Å²) < 4.78 is 0. The first kappa shape index (κ1) is 10.0. The van der Waals surface area contributed by atoms with Crippen molar-refractivity contribution in [3.05, 3.63) is 29.3 Å². The number of aryl methyl sites for hydroxylation is 1. The lowest BCUT2D eigenvalue weighted by Crippen LogP contribution is -2.15. The van der Waals surface area contributed by atoms with E-state index in [-0.39, 0.29) is 12.6 Å². The second kappa shape index (κ2) is 4.25. The zero-order valence-corrected chi connectivity index (χ0v) is 7.83. The minimum absolute atomic E-state index is 0.0922. The molecule has 0 aliphatic carbocycles. The van der Waals surface area contributed by atoms with Crippen LogP contribution in [0, 0.1) is 6.92 Å². The van der Waals surface area contributed by atoms with Gasteiger partial charge in [0.1, 0.15) is 0 Å². The van der Waals surface area contributed by atoms with Gasteiger partial charge in [-0.1, -0.05) is 12.1 Å². The Hall–Kier alpha value is -1.06. The minimum atomic E-state index is -0.161. The van der Waals surface area contributed by atoms with Crippen LogP contribution in [0.25, 0.3) is 0 Å². The van der Waals surface area contributed by atoms with Gasteiger partial charge in [-0.05, 0) is 30.5 Å². The Morgan fingerprint density at radius 3 is 2.69 bits per heavy atom. The Kier molecular flexibility index (Phi) is 3.28. The summed E-state index contributed by atoms with van der Waals surface area (Å²) in [5.74, 6) is 0. The van der Waals surface area contributed by atoms with Gasteiger partial charge in [-0.25, -0.2) is 0 Å². The molecule has 0 radical (unpaired) electrons. The summed E-state index contributed by atoms with van der Waals surface area (Å²) in [6.07, 6.45) is 0.551. The number of hydrogen-bond acceptors (Lipinski definition) is 3. The molecule has 3 nitrogen and oxygen atoms in total. The molecule has 0 spiro atoms. The molecule has 0 heterocycles. The molecule has 13 heavy (non-hydrogen) atoms. The van der Waals surface area contributed by atoms with Crippen molar-refractivity contribution >= 4 is 5.69 Å². The maximum atomic E-state index is 8.76. The fourth-order valence-electron chi connectivity index (χ4n) is 1.49. The van der Waals surface area contributed by atoms with Crippen LogP contribution < -0.4 is 11.5 Å². The molecule has 0 aliphatic heterocycles. The topological polar surface area (TPSA) is 72.3 Å². The van der Waals surface area contributed by atoms with E-state index >= 15 is 0 Å². The van der Waals surface area contributed by atoms with Crippen molar-refractivity contribution in [1.82, 2.24) is 0 Å². The number of nitrogen functional groups attached to an aromatic ring is 1. The van der Waals surface area contributed by atoms with Crippen LogP contribution in [0.3, 0.4) is 0 Å². The maximum absolute atomic E-state index is 8.76. The molecule has 0 aliphatic rings. The van der Waals surface area contributed by atoms with Crippen molar-refractivity contribution in [2.75, 3.05) is 12.3 Å². The highest BCUT2D eigenvalue weighted by atomic mass is 16.3. The first-order chi connectivity index (χ1) is 6.16.